The lowest BCUT2D eigenvalue weighted by molar-refractivity contribution is 0.0983. The van der Waals surface area contributed by atoms with E-state index in [1.54, 1.807) is 18.9 Å². The Kier molecular flexibility index (Phi) is 11.0. The van der Waals surface area contributed by atoms with Gasteiger partial charge in [-0.05, 0) is 70.5 Å². The Morgan fingerprint density at radius 3 is 2.17 bits per heavy atom. The molecular formula is C30H38N2O4. The quantitative estimate of drug-likeness (QED) is 0.235. The summed E-state index contributed by atoms with van der Waals surface area (Å²) in [5, 5.41) is 4.43. The predicted octanol–water partition coefficient (Wildman–Crippen LogP) is 7.16. The van der Waals surface area contributed by atoms with Gasteiger partial charge in [0.05, 0.1) is 20.8 Å². The highest BCUT2D eigenvalue weighted by Crippen LogP contribution is 2.31. The smallest absolute Gasteiger partial charge is 0.182 e. The third kappa shape index (κ3) is 8.15. The number of Topliss-reactive ketones (excluding diaryl/α,β-unsaturated/α-hetero) is 1. The minimum Gasteiger partial charge on any atom is -0.494 e. The molecule has 0 saturated heterocycles. The number of methoxy groups -OCH3 is 2. The molecule has 0 amide bonds. The number of hydrogen-bond donors (Lipinski definition) is 0. The molecule has 0 N–H and O–H groups in total. The summed E-state index contributed by atoms with van der Waals surface area (Å²) in [4.78, 5) is 11.9. The Morgan fingerprint density at radius 1 is 0.944 bits per heavy atom. The van der Waals surface area contributed by atoms with Crippen molar-refractivity contribution >= 4 is 17.6 Å². The molecule has 6 nitrogen and oxygen atoms in total. The molecule has 6 heteroatoms. The zero-order chi connectivity index (χ0) is 26.7. The summed E-state index contributed by atoms with van der Waals surface area (Å²) in [6.07, 6.45) is 4.44. The zero-order valence-corrected chi connectivity index (χ0v) is 22.7. The second-order valence-corrected chi connectivity index (χ2v) is 8.51. The number of benzene rings is 2. The van der Waals surface area contributed by atoms with Crippen LogP contribution in [0, 0.1) is 13.8 Å². The van der Waals surface area contributed by atoms with Gasteiger partial charge in [0.15, 0.2) is 17.3 Å². The van der Waals surface area contributed by atoms with E-state index in [1.807, 2.05) is 89.3 Å². The molecule has 1 heterocycles. The first-order valence-corrected chi connectivity index (χ1v) is 12.1. The van der Waals surface area contributed by atoms with E-state index in [9.17, 15) is 4.79 Å². The molecule has 0 spiro atoms. The number of ether oxygens (including phenoxy) is 3. The molecule has 0 aliphatic rings. The number of rotatable bonds is 9. The molecule has 192 valence electrons. The van der Waals surface area contributed by atoms with Crippen molar-refractivity contribution < 1.29 is 19.0 Å². The minimum absolute atomic E-state index is 0.0372. The van der Waals surface area contributed by atoms with E-state index in [0.717, 1.165) is 34.8 Å². The topological polar surface area (TPSA) is 62.6 Å². The Hall–Kier alpha value is -3.80. The van der Waals surface area contributed by atoms with E-state index in [4.69, 9.17) is 14.2 Å². The van der Waals surface area contributed by atoms with Gasteiger partial charge in [-0.2, -0.15) is 5.10 Å². The van der Waals surface area contributed by atoms with Gasteiger partial charge in [-0.25, -0.2) is 4.68 Å². The zero-order valence-electron chi connectivity index (χ0n) is 22.7. The van der Waals surface area contributed by atoms with Gasteiger partial charge in [0.1, 0.15) is 11.4 Å². The fraction of sp³-hybridized carbons (Fsp3) is 0.333. The van der Waals surface area contributed by atoms with Crippen LogP contribution < -0.4 is 14.2 Å². The van der Waals surface area contributed by atoms with Crippen molar-refractivity contribution in [3.8, 4) is 17.2 Å². The SMILES string of the molecule is CCC(=O)c1cc(C)n(/C=C(\C=C(C)C)c2ccc(OC)c(OC)c2)n1.CCOc1ccc(C)cc1. The third-order valence-corrected chi connectivity index (χ3v) is 5.28. The number of carbonyl (C=O) groups excluding carboxylic acids is 1. The first kappa shape index (κ1) is 28.4. The van der Waals surface area contributed by atoms with Gasteiger partial charge < -0.3 is 14.2 Å². The molecule has 0 bridgehead atoms. The monoisotopic (exact) mass is 490 g/mol. The first-order chi connectivity index (χ1) is 17.2. The lowest BCUT2D eigenvalue weighted by Gasteiger charge is -2.11. The van der Waals surface area contributed by atoms with E-state index < -0.39 is 0 Å². The van der Waals surface area contributed by atoms with Crippen molar-refractivity contribution in [3.63, 3.8) is 0 Å². The fourth-order valence-electron chi connectivity index (χ4n) is 3.39. The van der Waals surface area contributed by atoms with Gasteiger partial charge in [-0.15, -0.1) is 0 Å². The van der Waals surface area contributed by atoms with E-state index in [1.165, 1.54) is 5.56 Å². The maximum absolute atomic E-state index is 11.9. The first-order valence-electron chi connectivity index (χ1n) is 12.1. The number of allylic oxidation sites excluding steroid dienone is 3. The molecule has 0 atom stereocenters. The molecule has 1 aromatic heterocycles. The van der Waals surface area contributed by atoms with Crippen LogP contribution in [-0.4, -0.2) is 36.4 Å². The summed E-state index contributed by atoms with van der Waals surface area (Å²) in [6.45, 7) is 12.6. The Labute approximate surface area is 215 Å². The summed E-state index contributed by atoms with van der Waals surface area (Å²) in [5.41, 5.74) is 5.76. The molecule has 0 unspecified atom stereocenters. The molecule has 0 fully saturated rings. The molecule has 0 aliphatic carbocycles. The molecule has 0 radical (unpaired) electrons. The van der Waals surface area contributed by atoms with Crippen LogP contribution in [0.15, 0.2) is 60.2 Å². The van der Waals surface area contributed by atoms with Crippen LogP contribution in [0.1, 0.15) is 61.4 Å². The van der Waals surface area contributed by atoms with Crippen LogP contribution in [0.4, 0.5) is 0 Å². The van der Waals surface area contributed by atoms with Gasteiger partial charge in [0.2, 0.25) is 0 Å². The van der Waals surface area contributed by atoms with Crippen molar-refractivity contribution in [2.45, 2.75) is 48.0 Å². The van der Waals surface area contributed by atoms with Crippen LogP contribution in [0.25, 0.3) is 11.8 Å². The Balaban J connectivity index is 0.000000380. The highest BCUT2D eigenvalue weighted by atomic mass is 16.5. The maximum Gasteiger partial charge on any atom is 0.182 e. The maximum atomic E-state index is 11.9. The number of hydrogen-bond acceptors (Lipinski definition) is 5. The van der Waals surface area contributed by atoms with Crippen LogP contribution in [-0.2, 0) is 0 Å². The van der Waals surface area contributed by atoms with Gasteiger partial charge in [-0.3, -0.25) is 4.79 Å². The molecule has 2 aromatic carbocycles. The van der Waals surface area contributed by atoms with Crippen LogP contribution >= 0.6 is 0 Å². The van der Waals surface area contributed by atoms with Crippen molar-refractivity contribution in [2.24, 2.45) is 0 Å². The minimum atomic E-state index is 0.0372. The fourth-order valence-corrected chi connectivity index (χ4v) is 3.39. The Bertz CT molecular complexity index is 1200. The van der Waals surface area contributed by atoms with Gasteiger partial charge in [0, 0.05) is 23.9 Å². The standard InChI is InChI=1S/C21H26N2O3.C9H12O/c1-7-19(24)18-11-15(4)23(22-18)13-17(10-14(2)3)16-8-9-20(25-5)21(12-16)26-6;1-3-10-9-6-4-8(2)5-7-9/h8-13H,7H2,1-6H3;4-7H,3H2,1-2H3/b17-13+;. The van der Waals surface area contributed by atoms with Crippen molar-refractivity contribution in [1.82, 2.24) is 9.78 Å². The largest absolute Gasteiger partial charge is 0.494 e. The van der Waals surface area contributed by atoms with Crippen LogP contribution in [0.2, 0.25) is 0 Å². The Morgan fingerprint density at radius 2 is 1.61 bits per heavy atom. The summed E-state index contributed by atoms with van der Waals surface area (Å²) < 4.78 is 17.7. The van der Waals surface area contributed by atoms with Crippen molar-refractivity contribution in [2.75, 3.05) is 20.8 Å². The van der Waals surface area contributed by atoms with E-state index in [0.29, 0.717) is 23.6 Å². The normalized spacial score (nSPS) is 10.7. The lowest BCUT2D eigenvalue weighted by atomic mass is 10.0. The third-order valence-electron chi connectivity index (χ3n) is 5.28. The number of aryl methyl sites for hydroxylation is 2. The lowest BCUT2D eigenvalue weighted by Crippen LogP contribution is -2.00. The van der Waals surface area contributed by atoms with Crippen LogP contribution in [0.3, 0.4) is 0 Å². The number of ketones is 1. The van der Waals surface area contributed by atoms with E-state index >= 15 is 0 Å². The number of carbonyl (C=O) groups is 1. The predicted molar refractivity (Wildman–Crippen MR) is 147 cm³/mol. The number of nitrogens with zero attached hydrogens (tertiary/aromatic N) is 2. The highest BCUT2D eigenvalue weighted by Gasteiger charge is 2.11. The van der Waals surface area contributed by atoms with Gasteiger partial charge >= 0.3 is 0 Å². The summed E-state index contributed by atoms with van der Waals surface area (Å²) in [5.74, 6) is 2.33. The highest BCUT2D eigenvalue weighted by molar-refractivity contribution is 5.94. The molecular weight excluding hydrogens is 452 g/mol. The molecule has 3 aromatic rings. The summed E-state index contributed by atoms with van der Waals surface area (Å²) >= 11 is 0. The molecule has 36 heavy (non-hydrogen) atoms. The second-order valence-electron chi connectivity index (χ2n) is 8.51. The summed E-state index contributed by atoms with van der Waals surface area (Å²) in [7, 11) is 3.23. The van der Waals surface area contributed by atoms with E-state index in [-0.39, 0.29) is 5.78 Å². The van der Waals surface area contributed by atoms with Crippen molar-refractivity contribution in [3.05, 3.63) is 82.7 Å². The molecule has 0 aliphatic heterocycles. The average molecular weight is 491 g/mol. The van der Waals surface area contributed by atoms with Crippen molar-refractivity contribution in [1.29, 1.82) is 0 Å². The second kappa shape index (κ2) is 13.9. The van der Waals surface area contributed by atoms with Gasteiger partial charge in [0.25, 0.3) is 0 Å². The summed E-state index contributed by atoms with van der Waals surface area (Å²) in [6, 6.07) is 15.7. The molecule has 3 rings (SSSR count). The average Bonchev–Trinajstić information content (AvgIpc) is 3.24. The molecule has 0 saturated carbocycles. The van der Waals surface area contributed by atoms with E-state index in [2.05, 4.69) is 18.1 Å². The van der Waals surface area contributed by atoms with Gasteiger partial charge in [-0.1, -0.05) is 42.3 Å². The number of aromatic nitrogens is 2. The van der Waals surface area contributed by atoms with Crippen LogP contribution in [0.5, 0.6) is 17.2 Å².